The summed E-state index contributed by atoms with van der Waals surface area (Å²) in [7, 11) is 0. The maximum Gasteiger partial charge on any atom is 0.252 e. The van der Waals surface area contributed by atoms with Crippen molar-refractivity contribution in [3.05, 3.63) is 60.2 Å². The number of nitrogens with zero attached hydrogens (tertiary/aromatic N) is 4. The molecule has 0 aliphatic carbocycles. The Kier molecular flexibility index (Phi) is 7.32. The minimum Gasteiger partial charge on any atom is -0.411 e. The zero-order valence-corrected chi connectivity index (χ0v) is 13.1. The van der Waals surface area contributed by atoms with Gasteiger partial charge in [0, 0.05) is 12.1 Å². The van der Waals surface area contributed by atoms with Crippen LogP contribution in [-0.2, 0) is 22.9 Å². The third kappa shape index (κ3) is 6.11. The summed E-state index contributed by atoms with van der Waals surface area (Å²) in [5, 5.41) is 23.0. The van der Waals surface area contributed by atoms with Gasteiger partial charge in [-0.3, -0.25) is 0 Å². The Balaban J connectivity index is 1.66. The van der Waals surface area contributed by atoms with E-state index in [0.29, 0.717) is 26.7 Å². The maximum absolute atomic E-state index is 8.52. The Morgan fingerprint density at radius 2 is 1.29 bits per heavy atom. The molecule has 8 nitrogen and oxygen atoms in total. The van der Waals surface area contributed by atoms with Gasteiger partial charge in [0.15, 0.2) is 24.8 Å². The van der Waals surface area contributed by atoms with Gasteiger partial charge in [-0.1, -0.05) is 10.3 Å². The number of oxime groups is 2. The fourth-order valence-corrected chi connectivity index (χ4v) is 1.99. The second kappa shape index (κ2) is 10.0. The topological polar surface area (TPSA) is 91.4 Å². The average molecular weight is 332 g/mol. The van der Waals surface area contributed by atoms with Crippen molar-refractivity contribution in [3.8, 4) is 0 Å². The van der Waals surface area contributed by atoms with Crippen LogP contribution in [0.4, 0.5) is 0 Å². The van der Waals surface area contributed by atoms with Crippen molar-refractivity contribution in [2.75, 3.05) is 13.2 Å². The standard InChI is InChI=1S/C16H18N4O4/c21-17-9-15-3-1-5-19(11-15)13-23-7-8-24-14-20-6-2-4-16(12-20)10-18-22/h1-6,9-12H,7-8,13-14H2/p+2/b17-9-,18-10-. The average Bonchev–Trinajstić information content (AvgIpc) is 2.59. The first-order valence-electron chi connectivity index (χ1n) is 7.30. The smallest absolute Gasteiger partial charge is 0.252 e. The van der Waals surface area contributed by atoms with Crippen molar-refractivity contribution in [2.45, 2.75) is 13.5 Å². The molecule has 2 heterocycles. The Bertz CT molecular complexity index is 632. The van der Waals surface area contributed by atoms with Crippen LogP contribution < -0.4 is 9.13 Å². The molecule has 2 N–H and O–H groups in total. The first-order chi connectivity index (χ1) is 11.8. The van der Waals surface area contributed by atoms with Gasteiger partial charge in [-0.05, 0) is 12.1 Å². The predicted molar refractivity (Wildman–Crippen MR) is 83.9 cm³/mol. The molecule has 0 aromatic carbocycles. The molecule has 126 valence electrons. The largest absolute Gasteiger partial charge is 0.411 e. The van der Waals surface area contributed by atoms with Gasteiger partial charge in [0.25, 0.3) is 13.5 Å². The summed E-state index contributed by atoms with van der Waals surface area (Å²) in [5.74, 6) is 0. The Labute approximate surface area is 139 Å². The van der Waals surface area contributed by atoms with E-state index < -0.39 is 0 Å². The van der Waals surface area contributed by atoms with E-state index in [1.165, 1.54) is 12.4 Å². The summed E-state index contributed by atoms with van der Waals surface area (Å²) in [6.07, 6.45) is 10.0. The summed E-state index contributed by atoms with van der Waals surface area (Å²) >= 11 is 0. The molecule has 0 bridgehead atoms. The summed E-state index contributed by atoms with van der Waals surface area (Å²) in [6, 6.07) is 7.34. The van der Waals surface area contributed by atoms with Gasteiger partial charge in [-0.2, -0.15) is 9.13 Å². The number of rotatable bonds is 9. The molecule has 0 atom stereocenters. The lowest BCUT2D eigenvalue weighted by Gasteiger charge is -2.02. The van der Waals surface area contributed by atoms with E-state index in [4.69, 9.17) is 19.9 Å². The van der Waals surface area contributed by atoms with Crippen LogP contribution in [0.5, 0.6) is 0 Å². The number of hydrogen-bond acceptors (Lipinski definition) is 6. The molecular weight excluding hydrogens is 312 g/mol. The third-order valence-corrected chi connectivity index (χ3v) is 3.03. The minimum atomic E-state index is 0.381. The summed E-state index contributed by atoms with van der Waals surface area (Å²) in [5.41, 5.74) is 1.56. The maximum atomic E-state index is 8.52. The van der Waals surface area contributed by atoms with Crippen LogP contribution in [0, 0.1) is 0 Å². The second-order valence-electron chi connectivity index (χ2n) is 4.87. The number of pyridine rings is 2. The summed E-state index contributed by atoms with van der Waals surface area (Å²) < 4.78 is 14.7. The van der Waals surface area contributed by atoms with Crippen LogP contribution in [0.25, 0.3) is 0 Å². The fourth-order valence-electron chi connectivity index (χ4n) is 1.99. The highest BCUT2D eigenvalue weighted by atomic mass is 16.5. The highest BCUT2D eigenvalue weighted by molar-refractivity contribution is 5.78. The van der Waals surface area contributed by atoms with Crippen molar-refractivity contribution in [2.24, 2.45) is 10.3 Å². The summed E-state index contributed by atoms with van der Waals surface area (Å²) in [4.78, 5) is 0. The third-order valence-electron chi connectivity index (χ3n) is 3.03. The predicted octanol–water partition coefficient (Wildman–Crippen LogP) is 0.526. The van der Waals surface area contributed by atoms with Crippen molar-refractivity contribution in [1.29, 1.82) is 0 Å². The van der Waals surface area contributed by atoms with E-state index in [2.05, 4.69) is 10.3 Å². The Hall–Kier alpha value is -2.84. The lowest BCUT2D eigenvalue weighted by molar-refractivity contribution is -0.737. The van der Waals surface area contributed by atoms with E-state index in [9.17, 15) is 0 Å². The molecule has 2 aromatic heterocycles. The molecule has 0 amide bonds. The van der Waals surface area contributed by atoms with E-state index in [1.54, 1.807) is 0 Å². The zero-order valence-electron chi connectivity index (χ0n) is 13.1. The zero-order chi connectivity index (χ0) is 17.0. The molecule has 0 aliphatic rings. The van der Waals surface area contributed by atoms with E-state index >= 15 is 0 Å². The molecule has 0 saturated carbocycles. The van der Waals surface area contributed by atoms with Gasteiger partial charge < -0.3 is 19.9 Å². The molecule has 0 unspecified atom stereocenters. The van der Waals surface area contributed by atoms with Crippen molar-refractivity contribution < 1.29 is 29.0 Å². The number of aromatic nitrogens is 2. The molecule has 0 saturated heterocycles. The van der Waals surface area contributed by atoms with Crippen LogP contribution in [-0.4, -0.2) is 36.1 Å². The van der Waals surface area contributed by atoms with Gasteiger partial charge in [-0.25, -0.2) is 0 Å². The highest BCUT2D eigenvalue weighted by Gasteiger charge is 2.03. The van der Waals surface area contributed by atoms with Gasteiger partial charge in [0.05, 0.1) is 36.8 Å². The Morgan fingerprint density at radius 3 is 1.71 bits per heavy atom. The molecule has 0 aliphatic heterocycles. The minimum absolute atomic E-state index is 0.381. The number of ether oxygens (including phenoxy) is 2. The molecule has 0 radical (unpaired) electrons. The normalized spacial score (nSPS) is 11.5. The summed E-state index contributed by atoms with van der Waals surface area (Å²) in [6.45, 7) is 1.66. The van der Waals surface area contributed by atoms with E-state index in [0.717, 1.165) is 11.1 Å². The Morgan fingerprint density at radius 1 is 0.833 bits per heavy atom. The van der Waals surface area contributed by atoms with Crippen LogP contribution in [0.15, 0.2) is 59.4 Å². The molecule has 24 heavy (non-hydrogen) atoms. The van der Waals surface area contributed by atoms with Gasteiger partial charge in [0.1, 0.15) is 0 Å². The van der Waals surface area contributed by atoms with Crippen LogP contribution >= 0.6 is 0 Å². The van der Waals surface area contributed by atoms with Crippen LogP contribution in [0.2, 0.25) is 0 Å². The second-order valence-corrected chi connectivity index (χ2v) is 4.87. The molecule has 2 aromatic rings. The van der Waals surface area contributed by atoms with Crippen LogP contribution in [0.1, 0.15) is 11.1 Å². The fraction of sp³-hybridized carbons (Fsp3) is 0.250. The molecular formula is C16H20N4O4+2. The molecule has 8 heteroatoms. The van der Waals surface area contributed by atoms with E-state index in [-0.39, 0.29) is 0 Å². The quantitative estimate of drug-likeness (QED) is 0.230. The van der Waals surface area contributed by atoms with Crippen LogP contribution in [0.3, 0.4) is 0 Å². The number of hydrogen-bond donors (Lipinski definition) is 2. The van der Waals surface area contributed by atoms with E-state index in [1.807, 2.05) is 58.2 Å². The van der Waals surface area contributed by atoms with Gasteiger partial charge >= 0.3 is 0 Å². The first-order valence-corrected chi connectivity index (χ1v) is 7.30. The lowest BCUT2D eigenvalue weighted by Crippen LogP contribution is -2.36. The lowest BCUT2D eigenvalue weighted by atomic mass is 10.3. The highest BCUT2D eigenvalue weighted by Crippen LogP contribution is 1.91. The van der Waals surface area contributed by atoms with Crippen molar-refractivity contribution >= 4 is 12.4 Å². The SMILES string of the molecule is O/N=C\c1ccc[n+](COCCOC[n+]2cccc(/C=N\O)c2)c1. The molecule has 2 rings (SSSR count). The molecule has 0 fully saturated rings. The van der Waals surface area contributed by atoms with Crippen molar-refractivity contribution in [1.82, 2.24) is 0 Å². The monoisotopic (exact) mass is 332 g/mol. The van der Waals surface area contributed by atoms with Crippen molar-refractivity contribution in [3.63, 3.8) is 0 Å². The first kappa shape index (κ1) is 17.5. The van der Waals surface area contributed by atoms with Gasteiger partial charge in [0.2, 0.25) is 0 Å². The molecule has 0 spiro atoms. The van der Waals surface area contributed by atoms with Gasteiger partial charge in [-0.15, -0.1) is 0 Å².